The number of nitrogens with zero attached hydrogens (tertiary/aromatic N) is 1. The summed E-state index contributed by atoms with van der Waals surface area (Å²) in [5, 5.41) is 12.0. The summed E-state index contributed by atoms with van der Waals surface area (Å²) in [5.74, 6) is -0.521. The molecule has 0 radical (unpaired) electrons. The lowest BCUT2D eigenvalue weighted by Gasteiger charge is -2.28. The molecule has 184 valence electrons. The smallest absolute Gasteiger partial charge is 0.201 e. The van der Waals surface area contributed by atoms with Crippen LogP contribution in [0, 0.1) is 5.95 Å². The zero-order valence-electron chi connectivity index (χ0n) is 20.5. The van der Waals surface area contributed by atoms with E-state index >= 15 is 4.39 Å². The number of hydrogen-bond acceptors (Lipinski definition) is 4. The summed E-state index contributed by atoms with van der Waals surface area (Å²) in [4.78, 5) is 0. The molecule has 3 aromatic carbocycles. The molecule has 5 nitrogen and oxygen atoms in total. The summed E-state index contributed by atoms with van der Waals surface area (Å²) in [6, 6.07) is 24.7. The molecular formula is C29H33FN2O3. The van der Waals surface area contributed by atoms with E-state index in [0.29, 0.717) is 42.0 Å². The van der Waals surface area contributed by atoms with E-state index in [2.05, 4.69) is 0 Å². The molecular weight excluding hydrogens is 443 g/mol. The average molecular weight is 477 g/mol. The van der Waals surface area contributed by atoms with E-state index in [4.69, 9.17) is 15.2 Å². The molecule has 0 bridgehead atoms. The number of fused-ring (bicyclic) bond motifs is 1. The maximum absolute atomic E-state index is 16.2. The van der Waals surface area contributed by atoms with E-state index in [1.54, 1.807) is 25.1 Å². The first-order valence-corrected chi connectivity index (χ1v) is 11.8. The lowest BCUT2D eigenvalue weighted by Crippen LogP contribution is -2.36. The quantitative estimate of drug-likeness (QED) is 0.287. The standard InChI is InChI=1S/C29H33FN2O3/c1-28(2,19-34-17-21-10-6-4-7-11-21)26-24-16-23(31)14-15-25(24)32(27(26)30)29(3,33)20-35-18-22-12-8-5-9-13-22/h4-16,33H,17-20,31H2,1-3H3/t29-/m1/s1. The molecule has 35 heavy (non-hydrogen) atoms. The Kier molecular flexibility index (Phi) is 7.26. The largest absolute Gasteiger partial charge is 0.399 e. The molecule has 0 saturated carbocycles. The third kappa shape index (κ3) is 5.56. The summed E-state index contributed by atoms with van der Waals surface area (Å²) >= 11 is 0. The number of aliphatic hydroxyl groups is 1. The molecule has 1 atom stereocenters. The van der Waals surface area contributed by atoms with E-state index in [-0.39, 0.29) is 6.61 Å². The normalized spacial score (nSPS) is 13.7. The van der Waals surface area contributed by atoms with Crippen molar-refractivity contribution in [2.24, 2.45) is 0 Å². The minimum Gasteiger partial charge on any atom is -0.399 e. The summed E-state index contributed by atoms with van der Waals surface area (Å²) in [7, 11) is 0. The second-order valence-corrected chi connectivity index (χ2v) is 9.84. The van der Waals surface area contributed by atoms with Crippen LogP contribution in [0.5, 0.6) is 0 Å². The second-order valence-electron chi connectivity index (χ2n) is 9.84. The Labute approximate surface area is 205 Å². The number of benzene rings is 3. The van der Waals surface area contributed by atoms with Gasteiger partial charge in [0.1, 0.15) is 0 Å². The molecule has 1 heterocycles. The van der Waals surface area contributed by atoms with Crippen molar-refractivity contribution in [2.75, 3.05) is 18.9 Å². The predicted molar refractivity (Wildman–Crippen MR) is 137 cm³/mol. The Bertz CT molecular complexity index is 1270. The fraction of sp³-hybridized carbons (Fsp3) is 0.310. The van der Waals surface area contributed by atoms with Crippen LogP contribution in [0.2, 0.25) is 0 Å². The van der Waals surface area contributed by atoms with Crippen molar-refractivity contribution in [1.29, 1.82) is 0 Å². The SMILES string of the molecule is CC(C)(COCc1ccccc1)c1c(F)n([C@](C)(O)COCc2ccccc2)c2ccc(N)cc12. The van der Waals surface area contributed by atoms with Gasteiger partial charge in [-0.15, -0.1) is 0 Å². The molecule has 0 saturated heterocycles. The zero-order valence-corrected chi connectivity index (χ0v) is 20.5. The van der Waals surface area contributed by atoms with Crippen molar-refractivity contribution < 1.29 is 19.0 Å². The van der Waals surface area contributed by atoms with Gasteiger partial charge in [0.25, 0.3) is 0 Å². The van der Waals surface area contributed by atoms with Crippen LogP contribution < -0.4 is 5.73 Å². The lowest BCUT2D eigenvalue weighted by atomic mass is 9.85. The molecule has 0 aliphatic heterocycles. The van der Waals surface area contributed by atoms with Crippen LogP contribution in [0.3, 0.4) is 0 Å². The van der Waals surface area contributed by atoms with Crippen molar-refractivity contribution in [2.45, 2.75) is 45.1 Å². The first-order chi connectivity index (χ1) is 16.7. The summed E-state index contributed by atoms with van der Waals surface area (Å²) in [6.45, 7) is 6.37. The van der Waals surface area contributed by atoms with Gasteiger partial charge in [-0.2, -0.15) is 4.39 Å². The Morgan fingerprint density at radius 1 is 0.829 bits per heavy atom. The number of hydrogen-bond donors (Lipinski definition) is 2. The third-order valence-electron chi connectivity index (χ3n) is 6.15. The highest BCUT2D eigenvalue weighted by Crippen LogP contribution is 2.39. The third-order valence-corrected chi connectivity index (χ3v) is 6.15. The molecule has 0 amide bonds. The molecule has 3 N–H and O–H groups in total. The highest BCUT2D eigenvalue weighted by molar-refractivity contribution is 5.88. The Balaban J connectivity index is 1.61. The monoisotopic (exact) mass is 476 g/mol. The maximum atomic E-state index is 16.2. The molecule has 0 aliphatic rings. The molecule has 4 rings (SSSR count). The maximum Gasteiger partial charge on any atom is 0.201 e. The van der Waals surface area contributed by atoms with Gasteiger partial charge in [0, 0.05) is 22.1 Å². The van der Waals surface area contributed by atoms with Gasteiger partial charge in [-0.25, -0.2) is 0 Å². The second kappa shape index (κ2) is 10.2. The topological polar surface area (TPSA) is 69.6 Å². The fourth-order valence-electron chi connectivity index (χ4n) is 4.46. The van der Waals surface area contributed by atoms with Crippen LogP contribution in [0.15, 0.2) is 78.9 Å². The van der Waals surface area contributed by atoms with Crippen molar-refractivity contribution in [3.63, 3.8) is 0 Å². The van der Waals surface area contributed by atoms with Crippen molar-refractivity contribution in [3.8, 4) is 0 Å². The van der Waals surface area contributed by atoms with Gasteiger partial charge in [0.15, 0.2) is 5.72 Å². The fourth-order valence-corrected chi connectivity index (χ4v) is 4.46. The highest BCUT2D eigenvalue weighted by atomic mass is 19.1. The molecule has 6 heteroatoms. The minimum absolute atomic E-state index is 0.0860. The molecule has 0 unspecified atom stereocenters. The summed E-state index contributed by atoms with van der Waals surface area (Å²) in [6.07, 6.45) is 0. The molecule has 4 aromatic rings. The molecule has 1 aromatic heterocycles. The number of nitrogen functional groups attached to an aromatic ring is 1. The van der Waals surface area contributed by atoms with Crippen molar-refractivity contribution in [3.05, 3.63) is 102 Å². The van der Waals surface area contributed by atoms with Crippen molar-refractivity contribution in [1.82, 2.24) is 4.57 Å². The van der Waals surface area contributed by atoms with E-state index in [0.717, 1.165) is 11.1 Å². The van der Waals surface area contributed by atoms with Gasteiger partial charge >= 0.3 is 0 Å². The Morgan fingerprint density at radius 2 is 1.37 bits per heavy atom. The van der Waals surface area contributed by atoms with Crippen LogP contribution >= 0.6 is 0 Å². The number of nitrogens with two attached hydrogens (primary N) is 1. The van der Waals surface area contributed by atoms with Crippen LogP contribution in [0.4, 0.5) is 10.1 Å². The van der Waals surface area contributed by atoms with Gasteiger partial charge in [0.2, 0.25) is 5.95 Å². The van der Waals surface area contributed by atoms with Gasteiger partial charge < -0.3 is 20.3 Å². The highest BCUT2D eigenvalue weighted by Gasteiger charge is 2.36. The first kappa shape index (κ1) is 24.9. The molecule has 0 spiro atoms. The van der Waals surface area contributed by atoms with E-state index in [1.165, 1.54) is 4.57 Å². The number of aromatic nitrogens is 1. The van der Waals surface area contributed by atoms with E-state index in [1.807, 2.05) is 74.5 Å². The van der Waals surface area contributed by atoms with Crippen LogP contribution in [0.25, 0.3) is 10.9 Å². The van der Waals surface area contributed by atoms with Crippen LogP contribution in [0.1, 0.15) is 37.5 Å². The molecule has 0 aliphatic carbocycles. The van der Waals surface area contributed by atoms with Crippen LogP contribution in [-0.4, -0.2) is 22.9 Å². The van der Waals surface area contributed by atoms with Gasteiger partial charge in [-0.1, -0.05) is 74.5 Å². The number of ether oxygens (including phenoxy) is 2. The number of anilines is 1. The summed E-state index contributed by atoms with van der Waals surface area (Å²) in [5.41, 5.74) is 7.33. The Hall–Kier alpha value is -3.19. The first-order valence-electron chi connectivity index (χ1n) is 11.8. The lowest BCUT2D eigenvalue weighted by molar-refractivity contribution is -0.0969. The predicted octanol–water partition coefficient (Wildman–Crippen LogP) is 5.74. The number of halogens is 1. The van der Waals surface area contributed by atoms with Crippen molar-refractivity contribution >= 4 is 16.6 Å². The number of rotatable bonds is 10. The Morgan fingerprint density at radius 3 is 1.94 bits per heavy atom. The summed E-state index contributed by atoms with van der Waals surface area (Å²) < 4.78 is 29.2. The van der Waals surface area contributed by atoms with E-state index < -0.39 is 17.1 Å². The average Bonchev–Trinajstić information content (AvgIpc) is 3.12. The van der Waals surface area contributed by atoms with Gasteiger partial charge in [-0.3, -0.25) is 4.57 Å². The zero-order chi connectivity index (χ0) is 25.1. The molecule has 0 fully saturated rings. The minimum atomic E-state index is -1.62. The van der Waals surface area contributed by atoms with Gasteiger partial charge in [0.05, 0.1) is 31.9 Å². The van der Waals surface area contributed by atoms with Gasteiger partial charge in [-0.05, 0) is 36.2 Å². The van der Waals surface area contributed by atoms with E-state index in [9.17, 15) is 5.11 Å². The van der Waals surface area contributed by atoms with Crippen LogP contribution in [-0.2, 0) is 33.8 Å².